The number of diazo groups is 1. The molecule has 0 spiro atoms. The van der Waals surface area contributed by atoms with Crippen LogP contribution in [-0.4, -0.2) is 13.0 Å². The van der Waals surface area contributed by atoms with Gasteiger partial charge in [0.1, 0.15) is 0 Å². The number of rotatable bonds is 2. The second-order valence-electron chi connectivity index (χ2n) is 3.84. The molecule has 0 fully saturated rings. The van der Waals surface area contributed by atoms with Gasteiger partial charge in [-0.05, 0) is 12.1 Å². The highest BCUT2D eigenvalue weighted by Gasteiger charge is 2.20. The van der Waals surface area contributed by atoms with E-state index in [1.807, 2.05) is 18.2 Å². The van der Waals surface area contributed by atoms with Gasteiger partial charge in [-0.25, -0.2) is 0 Å². The predicted octanol–water partition coefficient (Wildman–Crippen LogP) is 4.70. The van der Waals surface area contributed by atoms with Gasteiger partial charge >= 0.3 is 12.9 Å². The highest BCUT2D eigenvalue weighted by Crippen LogP contribution is 2.15. The molecule has 21 heavy (non-hydrogen) atoms. The summed E-state index contributed by atoms with van der Waals surface area (Å²) in [4.78, 5) is 15.0. The normalized spacial score (nSPS) is 10.0. The minimum Gasteiger partial charge on any atom is -0.418 e. The minimum absolute atomic E-state index is 0.0370. The van der Waals surface area contributed by atoms with E-state index in [-0.39, 0.29) is 5.78 Å². The quantitative estimate of drug-likeness (QED) is 0.349. The third-order valence-corrected chi connectivity index (χ3v) is 2.28. The van der Waals surface area contributed by atoms with Gasteiger partial charge in [-0.2, -0.15) is 0 Å². The molecule has 8 heteroatoms. The van der Waals surface area contributed by atoms with Gasteiger partial charge in [0.05, 0.1) is 0 Å². The molecule has 0 radical (unpaired) electrons. The highest BCUT2D eigenvalue weighted by atomic mass is 19.5. The minimum atomic E-state index is -6.00. The molecule has 0 saturated carbocycles. The highest BCUT2D eigenvalue weighted by molar-refractivity contribution is 6.50. The maximum absolute atomic E-state index is 12.0. The van der Waals surface area contributed by atoms with Crippen LogP contribution in [0, 0.1) is 5.39 Å². The first kappa shape index (κ1) is 16.4. The number of benzene rings is 2. The summed E-state index contributed by atoms with van der Waals surface area (Å²) in [6.07, 6.45) is 0. The number of carbonyl (C=O) groups excluding carboxylic acids is 1. The molecular weight excluding hydrogens is 287 g/mol. The summed E-state index contributed by atoms with van der Waals surface area (Å²) in [6.45, 7) is 0. The average Bonchev–Trinajstić information content (AvgIpc) is 2.46. The van der Waals surface area contributed by atoms with Gasteiger partial charge in [0.15, 0.2) is 10.8 Å². The van der Waals surface area contributed by atoms with Crippen LogP contribution in [-0.2, 0) is 0 Å². The van der Waals surface area contributed by atoms with Crippen LogP contribution in [0.4, 0.5) is 23.0 Å². The average molecular weight is 296 g/mol. The van der Waals surface area contributed by atoms with Gasteiger partial charge in [0.2, 0.25) is 5.39 Å². The lowest BCUT2D eigenvalue weighted by Crippen LogP contribution is -2.02. The van der Waals surface area contributed by atoms with Gasteiger partial charge in [-0.15, -0.1) is 0 Å². The molecule has 2 aromatic rings. The van der Waals surface area contributed by atoms with Crippen LogP contribution in [0.5, 0.6) is 0 Å². The maximum atomic E-state index is 12.0. The molecule has 0 unspecified atom stereocenters. The molecule has 3 nitrogen and oxygen atoms in total. The summed E-state index contributed by atoms with van der Waals surface area (Å²) in [5.74, 6) is -0.0370. The molecule has 2 aromatic carbocycles. The van der Waals surface area contributed by atoms with E-state index >= 15 is 0 Å². The van der Waals surface area contributed by atoms with Crippen molar-refractivity contribution in [3.8, 4) is 0 Å². The third kappa shape index (κ3) is 6.34. The Balaban J connectivity index is 0.000000383. The summed E-state index contributed by atoms with van der Waals surface area (Å²) in [5.41, 5.74) is 1.67. The van der Waals surface area contributed by atoms with Crippen LogP contribution in [0.15, 0.2) is 54.6 Å². The lowest BCUT2D eigenvalue weighted by atomic mass is 10.0. The van der Waals surface area contributed by atoms with E-state index < -0.39 is 7.25 Å². The Hall–Kier alpha value is -2.69. The fourth-order valence-electron chi connectivity index (χ4n) is 1.44. The van der Waals surface area contributed by atoms with E-state index in [0.29, 0.717) is 16.8 Å². The van der Waals surface area contributed by atoms with E-state index in [2.05, 4.69) is 4.98 Å². The zero-order valence-corrected chi connectivity index (χ0v) is 10.6. The molecule has 0 saturated heterocycles. The van der Waals surface area contributed by atoms with Gasteiger partial charge < -0.3 is 17.3 Å². The molecule has 0 aliphatic carbocycles. The molecule has 0 aliphatic heterocycles. The predicted molar refractivity (Wildman–Crippen MR) is 71.2 cm³/mol. The summed E-state index contributed by atoms with van der Waals surface area (Å²) >= 11 is 0. The SMILES string of the molecule is F[B-](F)(F)F.N#[N+]c1ccc(C(=O)c2ccccc2)cc1. The van der Waals surface area contributed by atoms with Crippen LogP contribution < -0.4 is 0 Å². The molecule has 0 N–H and O–H groups in total. The van der Waals surface area contributed by atoms with Crippen molar-refractivity contribution >= 4 is 18.7 Å². The Kier molecular flexibility index (Phi) is 5.61. The van der Waals surface area contributed by atoms with Crippen molar-refractivity contribution in [2.75, 3.05) is 0 Å². The van der Waals surface area contributed by atoms with Crippen molar-refractivity contribution in [2.24, 2.45) is 0 Å². The number of nitrogens with zero attached hydrogens (tertiary/aromatic N) is 2. The molecule has 0 atom stereocenters. The molecule has 0 amide bonds. The third-order valence-electron chi connectivity index (χ3n) is 2.28. The first-order valence-corrected chi connectivity index (χ1v) is 5.73. The lowest BCUT2D eigenvalue weighted by Gasteiger charge is -1.98. The van der Waals surface area contributed by atoms with Crippen LogP contribution in [0.2, 0.25) is 0 Å². The summed E-state index contributed by atoms with van der Waals surface area (Å²) < 4.78 is 39.0. The second-order valence-corrected chi connectivity index (χ2v) is 3.84. The standard InChI is InChI=1S/C13H9N2O.BF4/c14-15-12-8-6-11(7-9-12)13(16)10-4-2-1-3-5-10;2-1(3,4)5/h1-9H;/q+1;-1. The Morgan fingerprint density at radius 2 is 1.29 bits per heavy atom. The molecule has 108 valence electrons. The Bertz CT molecular complexity index is 630. The molecule has 0 aliphatic rings. The Morgan fingerprint density at radius 3 is 1.71 bits per heavy atom. The second kappa shape index (κ2) is 7.19. The topological polar surface area (TPSA) is 45.2 Å². The van der Waals surface area contributed by atoms with Crippen LogP contribution in [0.1, 0.15) is 15.9 Å². The van der Waals surface area contributed by atoms with Crippen LogP contribution >= 0.6 is 0 Å². The van der Waals surface area contributed by atoms with Gasteiger partial charge in [-0.3, -0.25) is 4.79 Å². The summed E-state index contributed by atoms with van der Waals surface area (Å²) in [5, 5.41) is 8.52. The zero-order valence-electron chi connectivity index (χ0n) is 10.6. The number of carbonyl (C=O) groups is 1. The van der Waals surface area contributed by atoms with E-state index in [4.69, 9.17) is 5.39 Å². The van der Waals surface area contributed by atoms with Crippen molar-refractivity contribution in [3.05, 3.63) is 70.7 Å². The van der Waals surface area contributed by atoms with E-state index in [0.717, 1.165) is 0 Å². The van der Waals surface area contributed by atoms with E-state index in [9.17, 15) is 22.1 Å². The number of halogens is 4. The first-order chi connectivity index (χ1) is 9.81. The van der Waals surface area contributed by atoms with E-state index in [1.165, 1.54) is 0 Å². The Labute approximate surface area is 117 Å². The monoisotopic (exact) mass is 296 g/mol. The summed E-state index contributed by atoms with van der Waals surface area (Å²) in [7, 11) is -6.00. The number of hydrogen-bond acceptors (Lipinski definition) is 2. The molecule has 2 rings (SSSR count). The van der Waals surface area contributed by atoms with Crippen molar-refractivity contribution in [1.29, 1.82) is 5.39 Å². The first-order valence-electron chi connectivity index (χ1n) is 5.73. The molecule has 0 bridgehead atoms. The van der Waals surface area contributed by atoms with Crippen molar-refractivity contribution in [1.82, 2.24) is 0 Å². The van der Waals surface area contributed by atoms with Crippen LogP contribution in [0.25, 0.3) is 4.98 Å². The fourth-order valence-corrected chi connectivity index (χ4v) is 1.44. The van der Waals surface area contributed by atoms with Gasteiger partial charge in [0, 0.05) is 23.3 Å². The van der Waals surface area contributed by atoms with Gasteiger partial charge in [-0.1, -0.05) is 30.3 Å². The maximum Gasteiger partial charge on any atom is 0.673 e. The number of hydrogen-bond donors (Lipinski definition) is 0. The largest absolute Gasteiger partial charge is 0.673 e. The number of ketones is 1. The summed E-state index contributed by atoms with van der Waals surface area (Å²) in [6, 6.07) is 15.5. The molecule has 0 heterocycles. The fraction of sp³-hybridized carbons (Fsp3) is 0. The smallest absolute Gasteiger partial charge is 0.418 e. The van der Waals surface area contributed by atoms with Gasteiger partial charge in [0.25, 0.3) is 0 Å². The van der Waals surface area contributed by atoms with Crippen LogP contribution in [0.3, 0.4) is 0 Å². The van der Waals surface area contributed by atoms with Crippen molar-refractivity contribution in [2.45, 2.75) is 0 Å². The molecule has 0 aromatic heterocycles. The molecular formula is C13H9BF4N2O. The van der Waals surface area contributed by atoms with Crippen molar-refractivity contribution in [3.63, 3.8) is 0 Å². The Morgan fingerprint density at radius 1 is 0.857 bits per heavy atom. The zero-order chi connectivity index (χ0) is 15.9. The van der Waals surface area contributed by atoms with E-state index in [1.54, 1.807) is 36.4 Å². The van der Waals surface area contributed by atoms with Crippen molar-refractivity contribution < 1.29 is 22.1 Å². The lowest BCUT2D eigenvalue weighted by molar-refractivity contribution is 0.103.